The maximum absolute atomic E-state index is 12.6. The molecule has 0 unspecified atom stereocenters. The van der Waals surface area contributed by atoms with E-state index in [-0.39, 0.29) is 23.0 Å². The lowest BCUT2D eigenvalue weighted by atomic mass is 9.70. The van der Waals surface area contributed by atoms with Crippen molar-refractivity contribution in [3.05, 3.63) is 46.1 Å². The lowest BCUT2D eigenvalue weighted by Crippen LogP contribution is -2.40. The highest BCUT2D eigenvalue weighted by molar-refractivity contribution is 6.30. The van der Waals surface area contributed by atoms with Crippen molar-refractivity contribution in [3.63, 3.8) is 0 Å². The monoisotopic (exact) mass is 303 g/mol. The maximum atomic E-state index is 12.6. The third kappa shape index (κ3) is 2.75. The fourth-order valence-electron chi connectivity index (χ4n) is 3.34. The first-order valence-electron chi connectivity index (χ1n) is 7.17. The molecule has 0 spiro atoms. The van der Waals surface area contributed by atoms with Gasteiger partial charge in [0.1, 0.15) is 0 Å². The van der Waals surface area contributed by atoms with Gasteiger partial charge in [0.15, 0.2) is 5.78 Å². The van der Waals surface area contributed by atoms with Gasteiger partial charge in [0.05, 0.1) is 0 Å². The van der Waals surface area contributed by atoms with Crippen LogP contribution < -0.4 is 5.32 Å². The minimum Gasteiger partial charge on any atom is -0.329 e. The molecule has 2 aliphatic rings. The molecule has 21 heavy (non-hydrogen) atoms. The summed E-state index contributed by atoms with van der Waals surface area (Å²) < 4.78 is 0. The van der Waals surface area contributed by atoms with Crippen LogP contribution in [0.2, 0.25) is 5.02 Å². The summed E-state index contributed by atoms with van der Waals surface area (Å²) in [6.45, 7) is 4.12. The first-order chi connectivity index (χ1) is 9.85. The van der Waals surface area contributed by atoms with Gasteiger partial charge in [-0.05, 0) is 29.5 Å². The molecule has 1 aliphatic carbocycles. The molecular weight excluding hydrogens is 286 g/mol. The summed E-state index contributed by atoms with van der Waals surface area (Å²) in [5.74, 6) is -0.00461. The number of hydrogen-bond acceptors (Lipinski definition) is 2. The van der Waals surface area contributed by atoms with Crippen LogP contribution in [0.4, 0.5) is 0 Å². The fraction of sp³-hybridized carbons (Fsp3) is 0.412. The number of carbonyl (C=O) groups is 2. The lowest BCUT2D eigenvalue weighted by Gasteiger charge is -2.37. The van der Waals surface area contributed by atoms with E-state index in [9.17, 15) is 9.59 Å². The van der Waals surface area contributed by atoms with Gasteiger partial charge in [0.2, 0.25) is 5.91 Å². The molecule has 110 valence electrons. The second kappa shape index (κ2) is 4.99. The van der Waals surface area contributed by atoms with E-state index in [4.69, 9.17) is 11.6 Å². The Balaban J connectivity index is 2.06. The van der Waals surface area contributed by atoms with E-state index in [1.54, 1.807) is 12.1 Å². The predicted molar refractivity (Wildman–Crippen MR) is 82.0 cm³/mol. The first-order valence-corrected chi connectivity index (χ1v) is 7.55. The Hall–Kier alpha value is -1.61. The molecule has 1 atom stereocenters. The van der Waals surface area contributed by atoms with Crippen molar-refractivity contribution in [2.24, 2.45) is 5.41 Å². The van der Waals surface area contributed by atoms with Gasteiger partial charge in [-0.3, -0.25) is 9.59 Å². The fourth-order valence-corrected chi connectivity index (χ4v) is 3.46. The Kier molecular flexibility index (Phi) is 3.40. The summed E-state index contributed by atoms with van der Waals surface area (Å²) in [5.41, 5.74) is 2.49. The summed E-state index contributed by atoms with van der Waals surface area (Å²) >= 11 is 5.92. The summed E-state index contributed by atoms with van der Waals surface area (Å²) in [6, 6.07) is 7.42. The summed E-state index contributed by atoms with van der Waals surface area (Å²) in [7, 11) is 0. The molecule has 0 fully saturated rings. The van der Waals surface area contributed by atoms with Crippen LogP contribution in [0.15, 0.2) is 35.5 Å². The van der Waals surface area contributed by atoms with Crippen LogP contribution in [0.1, 0.15) is 44.6 Å². The number of nitrogens with one attached hydrogen (secondary N) is 1. The predicted octanol–water partition coefficient (Wildman–Crippen LogP) is 3.59. The number of allylic oxidation sites excluding steroid dienone is 2. The van der Waals surface area contributed by atoms with Crippen LogP contribution in [0, 0.1) is 5.41 Å². The second-order valence-electron chi connectivity index (χ2n) is 6.69. The molecule has 1 N–H and O–H groups in total. The molecule has 0 radical (unpaired) electrons. The molecule has 3 nitrogen and oxygen atoms in total. The first kappa shape index (κ1) is 14.3. The third-order valence-electron chi connectivity index (χ3n) is 4.22. The summed E-state index contributed by atoms with van der Waals surface area (Å²) in [6.07, 6.45) is 1.60. The number of amides is 1. The van der Waals surface area contributed by atoms with E-state index in [0.29, 0.717) is 17.9 Å². The number of rotatable bonds is 1. The Bertz CT molecular complexity index is 643. The largest absolute Gasteiger partial charge is 0.329 e. The average molecular weight is 304 g/mol. The Labute approximate surface area is 129 Å². The zero-order valence-electron chi connectivity index (χ0n) is 12.2. The molecule has 0 aromatic heterocycles. The number of Topliss-reactive ketones (excluding diaryl/α,β-unsaturated/α-hetero) is 1. The zero-order valence-corrected chi connectivity index (χ0v) is 13.0. The molecule has 1 aromatic carbocycles. The van der Waals surface area contributed by atoms with Crippen LogP contribution >= 0.6 is 11.6 Å². The molecule has 1 heterocycles. The second-order valence-corrected chi connectivity index (χ2v) is 7.13. The highest BCUT2D eigenvalue weighted by Gasteiger charge is 2.40. The van der Waals surface area contributed by atoms with Crippen molar-refractivity contribution in [1.29, 1.82) is 0 Å². The molecular formula is C17H18ClNO2. The van der Waals surface area contributed by atoms with E-state index < -0.39 is 0 Å². The van der Waals surface area contributed by atoms with E-state index >= 15 is 0 Å². The Morgan fingerprint density at radius 2 is 1.81 bits per heavy atom. The van der Waals surface area contributed by atoms with Crippen LogP contribution in [0.5, 0.6) is 0 Å². The normalized spacial score (nSPS) is 24.6. The van der Waals surface area contributed by atoms with Crippen LogP contribution in [0.3, 0.4) is 0 Å². The quantitative estimate of drug-likeness (QED) is 0.862. The highest BCUT2D eigenvalue weighted by atomic mass is 35.5. The maximum Gasteiger partial charge on any atom is 0.225 e. The van der Waals surface area contributed by atoms with Gasteiger partial charge >= 0.3 is 0 Å². The van der Waals surface area contributed by atoms with Gasteiger partial charge in [0.25, 0.3) is 0 Å². The standard InChI is InChI=1S/C17H18ClNO2/c1-17(2)8-13-16(14(20)9-17)12(7-15(21)19-13)10-3-5-11(18)6-4-10/h3-6,12H,7-9H2,1-2H3,(H,19,21)/t12-/m0/s1. The molecule has 0 bridgehead atoms. The van der Waals surface area contributed by atoms with E-state index in [2.05, 4.69) is 19.2 Å². The SMILES string of the molecule is CC1(C)CC(=O)C2=C(C1)NC(=O)C[C@H]2c1ccc(Cl)cc1. The van der Waals surface area contributed by atoms with Crippen LogP contribution in [0.25, 0.3) is 0 Å². The van der Waals surface area contributed by atoms with Gasteiger partial charge in [0, 0.05) is 35.1 Å². The molecule has 1 amide bonds. The molecule has 1 aromatic rings. The van der Waals surface area contributed by atoms with Crippen molar-refractivity contribution >= 4 is 23.3 Å². The van der Waals surface area contributed by atoms with Crippen LogP contribution in [-0.4, -0.2) is 11.7 Å². The lowest BCUT2D eigenvalue weighted by molar-refractivity contribution is -0.122. The average Bonchev–Trinajstić information content (AvgIpc) is 2.36. The van der Waals surface area contributed by atoms with E-state index in [1.807, 2.05) is 12.1 Å². The third-order valence-corrected chi connectivity index (χ3v) is 4.47. The van der Waals surface area contributed by atoms with Crippen molar-refractivity contribution in [2.45, 2.75) is 39.0 Å². The minimum absolute atomic E-state index is 0.0146. The van der Waals surface area contributed by atoms with Crippen molar-refractivity contribution in [2.75, 3.05) is 0 Å². The number of carbonyl (C=O) groups excluding carboxylic acids is 2. The molecule has 1 aliphatic heterocycles. The van der Waals surface area contributed by atoms with Crippen molar-refractivity contribution in [1.82, 2.24) is 5.32 Å². The molecule has 4 heteroatoms. The molecule has 3 rings (SSSR count). The Morgan fingerprint density at radius 1 is 1.14 bits per heavy atom. The van der Waals surface area contributed by atoms with Gasteiger partial charge in [-0.15, -0.1) is 0 Å². The van der Waals surface area contributed by atoms with Crippen molar-refractivity contribution < 1.29 is 9.59 Å². The van der Waals surface area contributed by atoms with Crippen molar-refractivity contribution in [3.8, 4) is 0 Å². The van der Waals surface area contributed by atoms with E-state index in [0.717, 1.165) is 23.3 Å². The number of benzene rings is 1. The van der Waals surface area contributed by atoms with Crippen LogP contribution in [-0.2, 0) is 9.59 Å². The number of halogens is 1. The zero-order chi connectivity index (χ0) is 15.2. The smallest absolute Gasteiger partial charge is 0.225 e. The van der Waals surface area contributed by atoms with Gasteiger partial charge in [-0.1, -0.05) is 37.6 Å². The van der Waals surface area contributed by atoms with E-state index in [1.165, 1.54) is 0 Å². The minimum atomic E-state index is -0.144. The molecule has 0 saturated carbocycles. The summed E-state index contributed by atoms with van der Waals surface area (Å²) in [5, 5.41) is 3.57. The van der Waals surface area contributed by atoms with Gasteiger partial charge in [-0.2, -0.15) is 0 Å². The number of hydrogen-bond donors (Lipinski definition) is 1. The van der Waals surface area contributed by atoms with Gasteiger partial charge < -0.3 is 5.32 Å². The Morgan fingerprint density at radius 3 is 2.48 bits per heavy atom. The number of ketones is 1. The summed E-state index contributed by atoms with van der Waals surface area (Å²) in [4.78, 5) is 24.6. The van der Waals surface area contributed by atoms with Gasteiger partial charge in [-0.25, -0.2) is 0 Å². The topological polar surface area (TPSA) is 46.2 Å². The highest BCUT2D eigenvalue weighted by Crippen LogP contribution is 2.43. The molecule has 0 saturated heterocycles.